The topological polar surface area (TPSA) is 91.5 Å². The van der Waals surface area contributed by atoms with Crippen molar-refractivity contribution in [2.24, 2.45) is 16.1 Å². The van der Waals surface area contributed by atoms with E-state index < -0.39 is 48.1 Å². The molecule has 0 saturated carbocycles. The smallest absolute Gasteiger partial charge is 0.419 e. The average Bonchev–Trinajstić information content (AvgIpc) is 2.50. The lowest BCUT2D eigenvalue weighted by atomic mass is 9.84. The van der Waals surface area contributed by atoms with E-state index in [1.165, 1.54) is 6.92 Å². The predicted octanol–water partition coefficient (Wildman–Crippen LogP) is 4.37. The summed E-state index contributed by atoms with van der Waals surface area (Å²) in [5, 5.41) is 25.3. The third kappa shape index (κ3) is 4.82. The Labute approximate surface area is 151 Å². The van der Waals surface area contributed by atoms with E-state index in [9.17, 15) is 27.5 Å². The number of benzene rings is 1. The number of halogens is 5. The van der Waals surface area contributed by atoms with Crippen LogP contribution in [0.25, 0.3) is 0 Å². The fourth-order valence-electron chi connectivity index (χ4n) is 2.19. The second-order valence-corrected chi connectivity index (χ2v) is 5.69. The van der Waals surface area contributed by atoms with Crippen LogP contribution >= 0.6 is 11.6 Å². The first-order valence-corrected chi connectivity index (χ1v) is 7.86. The van der Waals surface area contributed by atoms with Crippen LogP contribution in [0.15, 0.2) is 22.4 Å². The molecule has 0 aliphatic rings. The summed E-state index contributed by atoms with van der Waals surface area (Å²) in [7, 11) is 0. The van der Waals surface area contributed by atoms with Gasteiger partial charge < -0.3 is 14.9 Å². The minimum absolute atomic E-state index is 0.0487. The molecule has 0 amide bonds. The lowest BCUT2D eigenvalue weighted by molar-refractivity contribution is -0.275. The van der Waals surface area contributed by atoms with Gasteiger partial charge in [0, 0.05) is 6.07 Å². The molecule has 1 aromatic carbocycles. The number of aliphatic carboxylic acids is 1. The lowest BCUT2D eigenvalue weighted by Crippen LogP contribution is -2.56. The molecule has 0 spiro atoms. The van der Waals surface area contributed by atoms with Crippen LogP contribution in [-0.4, -0.2) is 41.1 Å². The molecule has 0 aromatic heterocycles. The van der Waals surface area contributed by atoms with Gasteiger partial charge in [-0.15, -0.1) is 0 Å². The Kier molecular flexibility index (Phi) is 7.34. The second-order valence-electron chi connectivity index (χ2n) is 5.29. The Balaban J connectivity index is 3.17. The van der Waals surface area contributed by atoms with Crippen LogP contribution in [0.1, 0.15) is 20.3 Å². The highest BCUT2D eigenvalue weighted by Crippen LogP contribution is 2.39. The number of carboxylic acid groups (broad SMARTS) is 1. The molecule has 0 bridgehead atoms. The summed E-state index contributed by atoms with van der Waals surface area (Å²) >= 11 is 5.75. The summed E-state index contributed by atoms with van der Waals surface area (Å²) in [6.45, 7) is 1.61. The van der Waals surface area contributed by atoms with Crippen molar-refractivity contribution in [3.63, 3.8) is 0 Å². The van der Waals surface area contributed by atoms with Crippen LogP contribution in [0.3, 0.4) is 0 Å². The fourth-order valence-corrected chi connectivity index (χ4v) is 2.40. The summed E-state index contributed by atoms with van der Waals surface area (Å²) in [5.41, 5.74) is -4.12. The maximum Gasteiger partial charge on any atom is 0.419 e. The molecule has 0 fully saturated rings. The molecule has 2 unspecified atom stereocenters. The molecule has 1 rings (SSSR count). The minimum Gasteiger partial charge on any atom is -0.492 e. The van der Waals surface area contributed by atoms with Gasteiger partial charge in [0.2, 0.25) is 0 Å². The summed E-state index contributed by atoms with van der Waals surface area (Å²) in [4.78, 5) is 11.0. The zero-order valence-corrected chi connectivity index (χ0v) is 14.6. The Bertz CT molecular complexity index is 684. The van der Waals surface area contributed by atoms with E-state index in [1.54, 1.807) is 6.92 Å². The van der Waals surface area contributed by atoms with Crippen LogP contribution in [0.2, 0.25) is 5.02 Å². The van der Waals surface area contributed by atoms with Gasteiger partial charge in [0.15, 0.2) is 11.4 Å². The number of ether oxygens (including phenoxy) is 1. The molecule has 2 N–H and O–H groups in total. The number of hydrogen-bond acceptors (Lipinski definition) is 5. The molecular formula is C15H17ClF4N2O4. The van der Waals surface area contributed by atoms with Gasteiger partial charge in [-0.1, -0.05) is 18.5 Å². The van der Waals surface area contributed by atoms with Crippen LogP contribution in [0.5, 0.6) is 5.75 Å². The number of aliphatic hydroxyl groups is 1. The fraction of sp³-hybridized carbons (Fsp3) is 0.533. The van der Waals surface area contributed by atoms with Crippen molar-refractivity contribution in [1.29, 1.82) is 0 Å². The first-order valence-electron chi connectivity index (χ1n) is 7.49. The average molecular weight is 401 g/mol. The SMILES string of the molecule is CCOc1cc(N=NCC(O)(C(CC)C(=O)O)C(F)(F)F)c(F)cc1Cl. The first kappa shape index (κ1) is 22.1. The Morgan fingerprint density at radius 2 is 1.96 bits per heavy atom. The van der Waals surface area contributed by atoms with Gasteiger partial charge in [0.05, 0.1) is 24.1 Å². The van der Waals surface area contributed by atoms with E-state index in [2.05, 4.69) is 10.2 Å². The van der Waals surface area contributed by atoms with Crippen LogP contribution in [0, 0.1) is 11.7 Å². The molecule has 11 heteroatoms. The molecule has 2 atom stereocenters. The molecule has 1 aromatic rings. The second kappa shape index (κ2) is 8.63. The van der Waals surface area contributed by atoms with Gasteiger partial charge in [-0.3, -0.25) is 4.79 Å². The van der Waals surface area contributed by atoms with Gasteiger partial charge in [-0.25, -0.2) is 4.39 Å². The largest absolute Gasteiger partial charge is 0.492 e. The monoisotopic (exact) mass is 400 g/mol. The number of azo groups is 1. The van der Waals surface area contributed by atoms with E-state index in [0.717, 1.165) is 12.1 Å². The van der Waals surface area contributed by atoms with Crippen molar-refractivity contribution in [2.45, 2.75) is 32.0 Å². The van der Waals surface area contributed by atoms with Gasteiger partial charge in [-0.05, 0) is 19.4 Å². The molecule has 0 aliphatic carbocycles. The molecule has 0 radical (unpaired) electrons. The number of alkyl halides is 3. The molecule has 6 nitrogen and oxygen atoms in total. The van der Waals surface area contributed by atoms with Crippen molar-refractivity contribution >= 4 is 23.3 Å². The van der Waals surface area contributed by atoms with E-state index >= 15 is 0 Å². The Morgan fingerprint density at radius 3 is 2.42 bits per heavy atom. The zero-order chi connectivity index (χ0) is 20.1. The lowest BCUT2D eigenvalue weighted by Gasteiger charge is -2.33. The number of hydrogen-bond donors (Lipinski definition) is 2. The molecule has 0 heterocycles. The zero-order valence-electron chi connectivity index (χ0n) is 13.8. The molecule has 0 aliphatic heterocycles. The number of carbonyl (C=O) groups is 1. The molecule has 146 valence electrons. The maximum absolute atomic E-state index is 13.8. The highest BCUT2D eigenvalue weighted by molar-refractivity contribution is 6.32. The van der Waals surface area contributed by atoms with Gasteiger partial charge in [0.25, 0.3) is 0 Å². The highest BCUT2D eigenvalue weighted by Gasteiger charge is 2.60. The number of nitrogens with zero attached hydrogens (tertiary/aromatic N) is 2. The number of carboxylic acids is 1. The normalized spacial score (nSPS) is 15.7. The van der Waals surface area contributed by atoms with Gasteiger partial charge in [-0.2, -0.15) is 23.4 Å². The molecule has 0 saturated heterocycles. The van der Waals surface area contributed by atoms with Crippen molar-refractivity contribution in [2.75, 3.05) is 13.2 Å². The number of rotatable bonds is 8. The summed E-state index contributed by atoms with van der Waals surface area (Å²) in [6, 6.07) is 1.88. The molecular weight excluding hydrogens is 384 g/mol. The van der Waals surface area contributed by atoms with Crippen molar-refractivity contribution in [3.8, 4) is 5.75 Å². The first-order chi connectivity index (χ1) is 12.0. The van der Waals surface area contributed by atoms with Crippen molar-refractivity contribution < 1.29 is 37.3 Å². The maximum atomic E-state index is 13.8. The Morgan fingerprint density at radius 1 is 1.35 bits per heavy atom. The van der Waals surface area contributed by atoms with Gasteiger partial charge >= 0.3 is 12.1 Å². The Hall–Kier alpha value is -1.94. The highest BCUT2D eigenvalue weighted by atomic mass is 35.5. The van der Waals surface area contributed by atoms with E-state index in [-0.39, 0.29) is 17.4 Å². The van der Waals surface area contributed by atoms with Crippen molar-refractivity contribution in [1.82, 2.24) is 0 Å². The summed E-state index contributed by atoms with van der Waals surface area (Å²) in [5.74, 6) is -4.91. The standard InChI is InChI=1S/C15H17ClF4N2O4/c1-3-8(13(23)24)14(25,15(18,19)20)7-21-22-11-6-12(26-4-2)9(16)5-10(11)17/h5-6,8,25H,3-4,7H2,1-2H3,(H,23,24). The summed E-state index contributed by atoms with van der Waals surface area (Å²) in [6.07, 6.45) is -5.77. The van der Waals surface area contributed by atoms with E-state index in [1.807, 2.05) is 0 Å². The third-order valence-corrected chi connectivity index (χ3v) is 3.86. The van der Waals surface area contributed by atoms with Gasteiger partial charge in [0.1, 0.15) is 11.4 Å². The van der Waals surface area contributed by atoms with E-state index in [4.69, 9.17) is 21.4 Å². The predicted molar refractivity (Wildman–Crippen MR) is 84.4 cm³/mol. The van der Waals surface area contributed by atoms with Crippen molar-refractivity contribution in [3.05, 3.63) is 23.0 Å². The minimum atomic E-state index is -5.28. The quantitative estimate of drug-likeness (QED) is 0.501. The molecule has 26 heavy (non-hydrogen) atoms. The third-order valence-electron chi connectivity index (χ3n) is 3.57. The van der Waals surface area contributed by atoms with Crippen LogP contribution < -0.4 is 4.74 Å². The summed E-state index contributed by atoms with van der Waals surface area (Å²) < 4.78 is 58.5. The van der Waals surface area contributed by atoms with E-state index in [0.29, 0.717) is 0 Å². The van der Waals surface area contributed by atoms with Crippen LogP contribution in [0.4, 0.5) is 23.2 Å². The van der Waals surface area contributed by atoms with Crippen LogP contribution in [-0.2, 0) is 4.79 Å².